The predicted molar refractivity (Wildman–Crippen MR) is 91.7 cm³/mol. The Morgan fingerprint density at radius 2 is 2.00 bits per heavy atom. The molecule has 1 atom stereocenters. The van der Waals surface area contributed by atoms with Gasteiger partial charge in [-0.1, -0.05) is 20.8 Å². The van der Waals surface area contributed by atoms with Gasteiger partial charge in [-0.05, 0) is 27.2 Å². The van der Waals surface area contributed by atoms with Crippen molar-refractivity contribution in [2.24, 2.45) is 5.92 Å². The molecular formula is C17H30N4O2. The number of hydrogen-bond donors (Lipinski definition) is 2. The molecular weight excluding hydrogens is 292 g/mol. The van der Waals surface area contributed by atoms with Crippen LogP contribution in [-0.2, 0) is 11.0 Å². The van der Waals surface area contributed by atoms with Crippen LogP contribution in [-0.4, -0.2) is 45.5 Å². The molecule has 1 aliphatic rings. The molecule has 1 aliphatic heterocycles. The molecule has 1 fully saturated rings. The third-order valence-corrected chi connectivity index (χ3v) is 4.18. The molecule has 0 radical (unpaired) electrons. The fourth-order valence-corrected chi connectivity index (χ4v) is 2.70. The van der Waals surface area contributed by atoms with Gasteiger partial charge < -0.3 is 10.0 Å². The molecule has 2 heterocycles. The zero-order valence-corrected chi connectivity index (χ0v) is 15.2. The molecule has 2 amide bonds. The number of aliphatic hydroxyl groups excluding tert-OH is 1. The molecule has 130 valence electrons. The molecule has 1 unspecified atom stereocenters. The third-order valence-electron chi connectivity index (χ3n) is 4.18. The van der Waals surface area contributed by atoms with Crippen LogP contribution in [0.2, 0.25) is 0 Å². The molecule has 0 spiro atoms. The summed E-state index contributed by atoms with van der Waals surface area (Å²) < 4.78 is 1.88. The maximum atomic E-state index is 12.5. The van der Waals surface area contributed by atoms with Crippen LogP contribution in [0.15, 0.2) is 6.07 Å². The minimum absolute atomic E-state index is 0.0778. The summed E-state index contributed by atoms with van der Waals surface area (Å²) in [7, 11) is 0. The van der Waals surface area contributed by atoms with E-state index in [1.54, 1.807) is 4.90 Å². The molecule has 23 heavy (non-hydrogen) atoms. The number of urea groups is 1. The van der Waals surface area contributed by atoms with E-state index in [2.05, 4.69) is 46.9 Å². The van der Waals surface area contributed by atoms with Crippen molar-refractivity contribution >= 4 is 11.8 Å². The third kappa shape index (κ3) is 4.05. The van der Waals surface area contributed by atoms with Crippen LogP contribution in [0.1, 0.15) is 53.7 Å². The number of carbonyl (C=O) groups excluding carboxylic acids is 1. The second-order valence-corrected chi connectivity index (χ2v) is 8.46. The van der Waals surface area contributed by atoms with Crippen molar-refractivity contribution in [2.45, 2.75) is 58.9 Å². The number of nitrogens with zero attached hydrogens (tertiary/aromatic N) is 3. The van der Waals surface area contributed by atoms with Gasteiger partial charge >= 0.3 is 6.03 Å². The molecule has 2 rings (SSSR count). The Bertz CT molecular complexity index is 566. The molecule has 1 saturated heterocycles. The molecule has 0 bridgehead atoms. The standard InChI is InChI=1S/C17H30N4O2/c1-16(2,3)13-9-14(21(19-13)17(4,5)6)18-15(23)20-8-7-12(10-20)11-22/h9,12,22H,7-8,10-11H2,1-6H3,(H,18,23). The summed E-state index contributed by atoms with van der Waals surface area (Å²) in [5.41, 5.74) is 0.661. The quantitative estimate of drug-likeness (QED) is 0.879. The Hall–Kier alpha value is -1.56. The molecule has 0 aliphatic carbocycles. The number of likely N-dealkylation sites (tertiary alicyclic amines) is 1. The SMILES string of the molecule is CC(C)(C)c1cc(NC(=O)N2CCC(CO)C2)n(C(C)(C)C)n1. The van der Waals surface area contributed by atoms with Crippen LogP contribution in [0.3, 0.4) is 0 Å². The van der Waals surface area contributed by atoms with Crippen LogP contribution in [0.5, 0.6) is 0 Å². The topological polar surface area (TPSA) is 70.4 Å². The second kappa shape index (κ2) is 6.15. The van der Waals surface area contributed by atoms with Gasteiger partial charge in [-0.15, -0.1) is 0 Å². The average molecular weight is 322 g/mol. The van der Waals surface area contributed by atoms with Gasteiger partial charge in [0.15, 0.2) is 0 Å². The first-order chi connectivity index (χ1) is 10.5. The highest BCUT2D eigenvalue weighted by Crippen LogP contribution is 2.28. The first-order valence-corrected chi connectivity index (χ1v) is 8.30. The van der Waals surface area contributed by atoms with Gasteiger partial charge in [0, 0.05) is 37.1 Å². The molecule has 6 nitrogen and oxygen atoms in total. The fraction of sp³-hybridized carbons (Fsp3) is 0.765. The Morgan fingerprint density at radius 3 is 2.48 bits per heavy atom. The molecule has 0 aromatic carbocycles. The van der Waals surface area contributed by atoms with Crippen molar-refractivity contribution in [3.8, 4) is 0 Å². The summed E-state index contributed by atoms with van der Waals surface area (Å²) in [4.78, 5) is 14.3. The van der Waals surface area contributed by atoms with Crippen molar-refractivity contribution in [2.75, 3.05) is 25.0 Å². The molecule has 1 aromatic rings. The normalized spacial score (nSPS) is 19.3. The van der Waals surface area contributed by atoms with E-state index < -0.39 is 0 Å². The first kappa shape index (κ1) is 17.8. The lowest BCUT2D eigenvalue weighted by Crippen LogP contribution is -2.35. The number of aliphatic hydroxyl groups is 1. The van der Waals surface area contributed by atoms with E-state index in [4.69, 9.17) is 5.10 Å². The smallest absolute Gasteiger partial charge is 0.323 e. The number of hydrogen-bond acceptors (Lipinski definition) is 3. The lowest BCUT2D eigenvalue weighted by atomic mass is 9.92. The number of rotatable bonds is 2. The second-order valence-electron chi connectivity index (χ2n) is 8.46. The summed E-state index contributed by atoms with van der Waals surface area (Å²) in [6.07, 6.45) is 0.857. The molecule has 0 saturated carbocycles. The largest absolute Gasteiger partial charge is 0.396 e. The van der Waals surface area contributed by atoms with Gasteiger partial charge in [0.05, 0.1) is 11.2 Å². The molecule has 6 heteroatoms. The van der Waals surface area contributed by atoms with E-state index in [9.17, 15) is 9.90 Å². The minimum atomic E-state index is -0.218. The minimum Gasteiger partial charge on any atom is -0.396 e. The van der Waals surface area contributed by atoms with Gasteiger partial charge in [-0.25, -0.2) is 9.48 Å². The summed E-state index contributed by atoms with van der Waals surface area (Å²) >= 11 is 0. The predicted octanol–water partition coefficient (Wildman–Crippen LogP) is 2.78. The molecule has 2 N–H and O–H groups in total. The Morgan fingerprint density at radius 1 is 1.35 bits per heavy atom. The van der Waals surface area contributed by atoms with Gasteiger partial charge in [-0.2, -0.15) is 5.10 Å². The van der Waals surface area contributed by atoms with Gasteiger partial charge in [0.1, 0.15) is 5.82 Å². The zero-order valence-electron chi connectivity index (χ0n) is 15.2. The number of amides is 2. The fourth-order valence-electron chi connectivity index (χ4n) is 2.70. The maximum Gasteiger partial charge on any atom is 0.323 e. The highest BCUT2D eigenvalue weighted by atomic mass is 16.3. The van der Waals surface area contributed by atoms with E-state index in [0.717, 1.165) is 17.9 Å². The molecule has 1 aromatic heterocycles. The first-order valence-electron chi connectivity index (χ1n) is 8.30. The van der Waals surface area contributed by atoms with Crippen LogP contribution in [0.25, 0.3) is 0 Å². The van der Waals surface area contributed by atoms with E-state index in [1.165, 1.54) is 0 Å². The Balaban J connectivity index is 2.21. The van der Waals surface area contributed by atoms with Crippen LogP contribution in [0, 0.1) is 5.92 Å². The Kier molecular flexibility index (Phi) is 4.76. The van der Waals surface area contributed by atoms with Gasteiger partial charge in [-0.3, -0.25) is 5.32 Å². The maximum absolute atomic E-state index is 12.5. The van der Waals surface area contributed by atoms with Crippen LogP contribution < -0.4 is 5.32 Å². The average Bonchev–Trinajstić information content (AvgIpc) is 3.03. The van der Waals surface area contributed by atoms with E-state index in [1.807, 2.05) is 10.7 Å². The van der Waals surface area contributed by atoms with Crippen LogP contribution >= 0.6 is 0 Å². The van der Waals surface area contributed by atoms with Crippen molar-refractivity contribution in [3.63, 3.8) is 0 Å². The lowest BCUT2D eigenvalue weighted by molar-refractivity contribution is 0.208. The van der Waals surface area contributed by atoms with E-state index in [0.29, 0.717) is 13.1 Å². The van der Waals surface area contributed by atoms with E-state index in [-0.39, 0.29) is 29.5 Å². The zero-order chi connectivity index (χ0) is 17.4. The number of carbonyl (C=O) groups is 1. The summed E-state index contributed by atoms with van der Waals surface area (Å²) in [6, 6.07) is 1.84. The van der Waals surface area contributed by atoms with Crippen molar-refractivity contribution in [3.05, 3.63) is 11.8 Å². The Labute approximate surface area is 138 Å². The number of nitrogens with one attached hydrogen (secondary N) is 1. The van der Waals surface area contributed by atoms with Crippen molar-refractivity contribution in [1.29, 1.82) is 0 Å². The van der Waals surface area contributed by atoms with Crippen molar-refractivity contribution in [1.82, 2.24) is 14.7 Å². The van der Waals surface area contributed by atoms with Gasteiger partial charge in [0.25, 0.3) is 0 Å². The summed E-state index contributed by atoms with van der Waals surface area (Å²) in [5, 5.41) is 16.9. The van der Waals surface area contributed by atoms with Crippen molar-refractivity contribution < 1.29 is 9.90 Å². The van der Waals surface area contributed by atoms with E-state index >= 15 is 0 Å². The summed E-state index contributed by atoms with van der Waals surface area (Å²) in [6.45, 7) is 14.0. The number of anilines is 1. The monoisotopic (exact) mass is 322 g/mol. The lowest BCUT2D eigenvalue weighted by Gasteiger charge is -2.24. The van der Waals surface area contributed by atoms with Crippen LogP contribution in [0.4, 0.5) is 10.6 Å². The summed E-state index contributed by atoms with van der Waals surface area (Å²) in [5.74, 6) is 0.915. The highest BCUT2D eigenvalue weighted by Gasteiger charge is 2.29. The number of aromatic nitrogens is 2. The highest BCUT2D eigenvalue weighted by molar-refractivity contribution is 5.88. The van der Waals surface area contributed by atoms with Gasteiger partial charge in [0.2, 0.25) is 0 Å².